The van der Waals surface area contributed by atoms with Crippen molar-refractivity contribution >= 4 is 17.8 Å². The van der Waals surface area contributed by atoms with Crippen LogP contribution in [0.15, 0.2) is 24.3 Å². The van der Waals surface area contributed by atoms with Crippen LogP contribution in [0.25, 0.3) is 0 Å². The predicted molar refractivity (Wildman–Crippen MR) is 125 cm³/mol. The van der Waals surface area contributed by atoms with Crippen LogP contribution in [0, 0.1) is 17.8 Å². The number of hydrogen-bond donors (Lipinski definition) is 1. The Hall–Kier alpha value is -2.19. The molecule has 6 atom stereocenters. The molecule has 1 spiro atoms. The maximum atomic E-state index is 14.2. The molecule has 0 aromatic rings. The Morgan fingerprint density at radius 1 is 1.09 bits per heavy atom. The Bertz CT molecular complexity index is 898. The van der Waals surface area contributed by atoms with Crippen molar-refractivity contribution in [3.8, 4) is 0 Å². The summed E-state index contributed by atoms with van der Waals surface area (Å²) in [7, 11) is 0. The molecule has 188 valence electrons. The molecule has 34 heavy (non-hydrogen) atoms. The van der Waals surface area contributed by atoms with E-state index in [2.05, 4.69) is 0 Å². The van der Waals surface area contributed by atoms with Gasteiger partial charge in [-0.1, -0.05) is 38.2 Å². The van der Waals surface area contributed by atoms with Gasteiger partial charge in [0, 0.05) is 12.6 Å². The molecule has 0 saturated carbocycles. The van der Waals surface area contributed by atoms with E-state index in [4.69, 9.17) is 9.47 Å². The first-order valence-electron chi connectivity index (χ1n) is 12.5. The third-order valence-corrected chi connectivity index (χ3v) is 7.69. The molecule has 0 bridgehead atoms. The Morgan fingerprint density at radius 3 is 2.47 bits per heavy atom. The molecule has 2 saturated heterocycles. The van der Waals surface area contributed by atoms with Crippen molar-refractivity contribution < 1.29 is 29.0 Å². The molecule has 0 aromatic carbocycles. The van der Waals surface area contributed by atoms with Gasteiger partial charge in [0.05, 0.1) is 30.8 Å². The summed E-state index contributed by atoms with van der Waals surface area (Å²) in [6.07, 6.45) is 9.52. The quantitative estimate of drug-likeness (QED) is 0.484. The van der Waals surface area contributed by atoms with Crippen LogP contribution in [0.3, 0.4) is 0 Å². The highest BCUT2D eigenvalue weighted by atomic mass is 16.6. The number of aliphatic hydroxyl groups excluding tert-OH is 1. The topological polar surface area (TPSA) is 96.4 Å². The van der Waals surface area contributed by atoms with Gasteiger partial charge in [-0.05, 0) is 46.0 Å². The van der Waals surface area contributed by atoms with Crippen molar-refractivity contribution in [2.24, 2.45) is 17.8 Å². The molecule has 8 heteroatoms. The molecule has 4 heterocycles. The van der Waals surface area contributed by atoms with E-state index >= 15 is 0 Å². The Labute approximate surface area is 201 Å². The number of carbonyl (C=O) groups is 3. The lowest BCUT2D eigenvalue weighted by Crippen LogP contribution is -2.59. The van der Waals surface area contributed by atoms with Crippen LogP contribution < -0.4 is 0 Å². The molecular weight excluding hydrogens is 436 g/mol. The number of carbonyl (C=O) groups excluding carboxylic acids is 3. The summed E-state index contributed by atoms with van der Waals surface area (Å²) in [4.78, 5) is 44.8. The van der Waals surface area contributed by atoms with Gasteiger partial charge in [0.25, 0.3) is 0 Å². The van der Waals surface area contributed by atoms with Crippen molar-refractivity contribution in [3.63, 3.8) is 0 Å². The highest BCUT2D eigenvalue weighted by Crippen LogP contribution is 2.57. The first-order chi connectivity index (χ1) is 16.1. The first kappa shape index (κ1) is 24.9. The number of rotatable bonds is 5. The minimum atomic E-state index is -1.32. The summed E-state index contributed by atoms with van der Waals surface area (Å²) in [6, 6.07) is -1.60. The second-order valence-corrected chi connectivity index (χ2v) is 10.9. The number of cyclic esters (lactones) is 1. The van der Waals surface area contributed by atoms with Crippen LogP contribution in [0.4, 0.5) is 0 Å². The fraction of sp³-hybridized carbons (Fsp3) is 0.731. The molecule has 2 fully saturated rings. The van der Waals surface area contributed by atoms with Crippen molar-refractivity contribution in [3.05, 3.63) is 24.3 Å². The molecule has 4 aliphatic heterocycles. The minimum absolute atomic E-state index is 0.0833. The zero-order valence-electron chi connectivity index (χ0n) is 20.9. The van der Waals surface area contributed by atoms with E-state index in [0.717, 1.165) is 6.42 Å². The number of allylic oxidation sites excluding steroid dienone is 1. The molecule has 0 aliphatic carbocycles. The third kappa shape index (κ3) is 3.79. The van der Waals surface area contributed by atoms with Crippen molar-refractivity contribution in [1.82, 2.24) is 9.80 Å². The van der Waals surface area contributed by atoms with E-state index < -0.39 is 41.1 Å². The van der Waals surface area contributed by atoms with Crippen molar-refractivity contribution in [2.45, 2.75) is 83.2 Å². The molecule has 1 N–H and O–H groups in total. The SMILES string of the molecule is CC(C)C[C@H](CO)N1C(=O)[C@@H]2[C@H]3C(=O)OCCC/C=C\[C@@]3(C)O[C@@]23C=CCN(C(C)C)C(=O)C13. The number of amides is 2. The predicted octanol–water partition coefficient (Wildman–Crippen LogP) is 2.06. The van der Waals surface area contributed by atoms with E-state index in [1.165, 1.54) is 4.90 Å². The molecule has 1 unspecified atom stereocenters. The fourth-order valence-corrected chi connectivity index (χ4v) is 6.27. The monoisotopic (exact) mass is 474 g/mol. The van der Waals surface area contributed by atoms with E-state index in [1.807, 2.05) is 58.9 Å². The first-order valence-corrected chi connectivity index (χ1v) is 12.5. The highest BCUT2D eigenvalue weighted by molar-refractivity contribution is 5.99. The Morgan fingerprint density at radius 2 is 1.82 bits per heavy atom. The number of nitrogens with zero attached hydrogens (tertiary/aromatic N) is 2. The number of esters is 1. The van der Waals surface area contributed by atoms with Crippen LogP contribution in [-0.4, -0.2) is 81.8 Å². The highest BCUT2D eigenvalue weighted by Gasteiger charge is 2.75. The Balaban J connectivity index is 1.90. The van der Waals surface area contributed by atoms with Crippen LogP contribution in [0.5, 0.6) is 0 Å². The zero-order valence-corrected chi connectivity index (χ0v) is 20.9. The molecule has 0 aromatic heterocycles. The molecular formula is C26H38N2O6. The zero-order chi connectivity index (χ0) is 24.8. The maximum absolute atomic E-state index is 14.2. The van der Waals surface area contributed by atoms with E-state index in [1.54, 1.807) is 4.90 Å². The molecule has 0 radical (unpaired) electrons. The van der Waals surface area contributed by atoms with Gasteiger partial charge < -0.3 is 24.4 Å². The normalized spacial score (nSPS) is 37.5. The van der Waals surface area contributed by atoms with Gasteiger partial charge in [-0.3, -0.25) is 14.4 Å². The summed E-state index contributed by atoms with van der Waals surface area (Å²) in [5.41, 5.74) is -2.40. The average Bonchev–Trinajstić information content (AvgIpc) is 3.11. The average molecular weight is 475 g/mol. The van der Waals surface area contributed by atoms with Gasteiger partial charge in [-0.2, -0.15) is 0 Å². The van der Waals surface area contributed by atoms with Gasteiger partial charge in [-0.15, -0.1) is 0 Å². The smallest absolute Gasteiger partial charge is 0.313 e. The lowest BCUT2D eigenvalue weighted by atomic mass is 9.74. The van der Waals surface area contributed by atoms with E-state index in [-0.39, 0.29) is 37.0 Å². The Kier molecular flexibility index (Phi) is 6.68. The van der Waals surface area contributed by atoms with Crippen LogP contribution in [0.2, 0.25) is 0 Å². The van der Waals surface area contributed by atoms with Gasteiger partial charge in [0.15, 0.2) is 0 Å². The van der Waals surface area contributed by atoms with E-state index in [0.29, 0.717) is 19.4 Å². The van der Waals surface area contributed by atoms with Crippen molar-refractivity contribution in [1.29, 1.82) is 0 Å². The second-order valence-electron chi connectivity index (χ2n) is 10.9. The molecule has 4 rings (SSSR count). The summed E-state index contributed by atoms with van der Waals surface area (Å²) in [6.45, 7) is 10.1. The van der Waals surface area contributed by atoms with E-state index in [9.17, 15) is 19.5 Å². The van der Waals surface area contributed by atoms with Crippen LogP contribution in [0.1, 0.15) is 53.9 Å². The van der Waals surface area contributed by atoms with Gasteiger partial charge in [0.2, 0.25) is 11.8 Å². The minimum Gasteiger partial charge on any atom is -0.465 e. The summed E-state index contributed by atoms with van der Waals surface area (Å²) in [5, 5.41) is 10.3. The number of fused-ring (bicyclic) bond motifs is 2. The third-order valence-electron chi connectivity index (χ3n) is 7.69. The largest absolute Gasteiger partial charge is 0.465 e. The fourth-order valence-electron chi connectivity index (χ4n) is 6.27. The number of ether oxygens (including phenoxy) is 2. The second kappa shape index (κ2) is 9.11. The lowest BCUT2D eigenvalue weighted by molar-refractivity contribution is -0.162. The molecule has 2 amide bonds. The maximum Gasteiger partial charge on any atom is 0.313 e. The molecule has 8 nitrogen and oxygen atoms in total. The van der Waals surface area contributed by atoms with Crippen molar-refractivity contribution in [2.75, 3.05) is 19.8 Å². The van der Waals surface area contributed by atoms with Gasteiger partial charge >= 0.3 is 5.97 Å². The number of likely N-dealkylation sites (tertiary alicyclic amines) is 1. The standard InChI is InChI=1S/C26H38N2O6/c1-16(2)14-18(15-29)28-21-23(31)27(17(3)4)12-9-11-26(21)19(22(28)30)20-24(32)33-13-8-6-7-10-25(20,5)34-26/h7,9-11,16-21,29H,6,8,12-15H2,1-5H3/b10-7-/t18-,19+,20+,21?,25-,26+/m1/s1. The lowest BCUT2D eigenvalue weighted by Gasteiger charge is -2.41. The number of hydrogen-bond acceptors (Lipinski definition) is 6. The number of aliphatic hydroxyl groups is 1. The summed E-state index contributed by atoms with van der Waals surface area (Å²) >= 11 is 0. The molecule has 4 aliphatic rings. The van der Waals surface area contributed by atoms with Gasteiger partial charge in [0.1, 0.15) is 17.6 Å². The van der Waals surface area contributed by atoms with Crippen LogP contribution in [-0.2, 0) is 23.9 Å². The van der Waals surface area contributed by atoms with Gasteiger partial charge in [-0.25, -0.2) is 0 Å². The summed E-state index contributed by atoms with van der Waals surface area (Å²) < 4.78 is 12.3. The summed E-state index contributed by atoms with van der Waals surface area (Å²) in [5.74, 6) is -2.62. The van der Waals surface area contributed by atoms with Crippen LogP contribution >= 0.6 is 0 Å².